The second-order valence-electron chi connectivity index (χ2n) is 7.39. The van der Waals surface area contributed by atoms with E-state index in [0.29, 0.717) is 37.7 Å². The molecular formula is C20H28N4O3S. The third kappa shape index (κ3) is 5.41. The number of nitrogens with zero attached hydrogens (tertiary/aromatic N) is 3. The molecule has 0 aromatic carbocycles. The zero-order valence-electron chi connectivity index (χ0n) is 16.5. The molecule has 152 valence electrons. The highest BCUT2D eigenvalue weighted by molar-refractivity contribution is 7.08. The van der Waals surface area contributed by atoms with Crippen LogP contribution in [0.3, 0.4) is 0 Å². The SMILES string of the molecule is CCC[C@H](C)NC(=O)[C@H]1CCCN(C(=O)CCc2nnc(-c3ccsc3)o2)C1. The number of piperidine rings is 1. The number of likely N-dealkylation sites (tertiary alicyclic amines) is 1. The Morgan fingerprint density at radius 2 is 2.29 bits per heavy atom. The molecule has 2 amide bonds. The van der Waals surface area contributed by atoms with Crippen LogP contribution in [0.25, 0.3) is 11.5 Å². The van der Waals surface area contributed by atoms with E-state index in [1.165, 1.54) is 0 Å². The molecule has 0 spiro atoms. The molecule has 1 aliphatic rings. The van der Waals surface area contributed by atoms with Crippen LogP contribution in [0.15, 0.2) is 21.2 Å². The first kappa shape index (κ1) is 20.5. The number of thiophene rings is 1. The first-order chi connectivity index (χ1) is 13.6. The summed E-state index contributed by atoms with van der Waals surface area (Å²) in [5.74, 6) is 0.935. The van der Waals surface area contributed by atoms with Crippen LogP contribution in [0.2, 0.25) is 0 Å². The number of hydrogen-bond acceptors (Lipinski definition) is 6. The molecule has 0 radical (unpaired) electrons. The normalized spacial score (nSPS) is 18.1. The van der Waals surface area contributed by atoms with Crippen LogP contribution in [0.1, 0.15) is 51.8 Å². The molecule has 1 saturated heterocycles. The number of carbonyl (C=O) groups excluding carboxylic acids is 2. The summed E-state index contributed by atoms with van der Waals surface area (Å²) in [7, 11) is 0. The van der Waals surface area contributed by atoms with E-state index in [-0.39, 0.29) is 23.8 Å². The summed E-state index contributed by atoms with van der Waals surface area (Å²) in [6.07, 6.45) is 4.43. The standard InChI is InChI=1S/C20H28N4O3S/c1-3-5-14(2)21-19(26)15-6-4-10-24(12-15)18(25)8-7-17-22-23-20(27-17)16-9-11-28-13-16/h9,11,13-15H,3-8,10,12H2,1-2H3,(H,21,26)/t14-,15-/m0/s1. The molecule has 7 nitrogen and oxygen atoms in total. The highest BCUT2D eigenvalue weighted by atomic mass is 32.1. The van der Waals surface area contributed by atoms with Gasteiger partial charge in [0.25, 0.3) is 0 Å². The van der Waals surface area contributed by atoms with E-state index in [0.717, 1.165) is 31.2 Å². The maximum atomic E-state index is 12.6. The zero-order chi connectivity index (χ0) is 19.9. The average Bonchev–Trinajstić information content (AvgIpc) is 3.38. The Morgan fingerprint density at radius 3 is 3.04 bits per heavy atom. The summed E-state index contributed by atoms with van der Waals surface area (Å²) in [6.45, 7) is 5.34. The Labute approximate surface area is 169 Å². The first-order valence-corrected chi connectivity index (χ1v) is 10.9. The second-order valence-corrected chi connectivity index (χ2v) is 8.17. The van der Waals surface area contributed by atoms with Crippen molar-refractivity contribution in [3.63, 3.8) is 0 Å². The monoisotopic (exact) mass is 404 g/mol. The van der Waals surface area contributed by atoms with Crippen molar-refractivity contribution in [1.82, 2.24) is 20.4 Å². The quantitative estimate of drug-likeness (QED) is 0.729. The van der Waals surface area contributed by atoms with Crippen molar-refractivity contribution in [2.75, 3.05) is 13.1 Å². The van der Waals surface area contributed by atoms with Gasteiger partial charge in [0, 0.05) is 42.9 Å². The number of aryl methyl sites for hydroxylation is 1. The lowest BCUT2D eigenvalue weighted by atomic mass is 9.96. The summed E-state index contributed by atoms with van der Waals surface area (Å²) in [5, 5.41) is 15.0. The van der Waals surface area contributed by atoms with E-state index < -0.39 is 0 Å². The maximum absolute atomic E-state index is 12.6. The third-order valence-electron chi connectivity index (χ3n) is 5.04. The summed E-state index contributed by atoms with van der Waals surface area (Å²) in [5.41, 5.74) is 0.900. The summed E-state index contributed by atoms with van der Waals surface area (Å²) in [4.78, 5) is 26.9. The Morgan fingerprint density at radius 1 is 1.43 bits per heavy atom. The lowest BCUT2D eigenvalue weighted by molar-refractivity contribution is -0.135. The van der Waals surface area contributed by atoms with E-state index in [1.807, 2.05) is 23.8 Å². The number of amides is 2. The Balaban J connectivity index is 1.48. The highest BCUT2D eigenvalue weighted by Gasteiger charge is 2.29. The van der Waals surface area contributed by atoms with Crippen molar-refractivity contribution < 1.29 is 14.0 Å². The number of nitrogens with one attached hydrogen (secondary N) is 1. The fourth-order valence-electron chi connectivity index (χ4n) is 3.51. The predicted octanol–water partition coefficient (Wildman–Crippen LogP) is 3.27. The largest absolute Gasteiger partial charge is 0.421 e. The predicted molar refractivity (Wildman–Crippen MR) is 108 cm³/mol. The molecule has 2 atom stereocenters. The fraction of sp³-hybridized carbons (Fsp3) is 0.600. The first-order valence-electron chi connectivity index (χ1n) is 10.00. The number of aromatic nitrogens is 2. The third-order valence-corrected chi connectivity index (χ3v) is 5.73. The second kappa shape index (κ2) is 9.82. The van der Waals surface area contributed by atoms with Crippen molar-refractivity contribution in [1.29, 1.82) is 0 Å². The molecule has 1 aliphatic heterocycles. The van der Waals surface area contributed by atoms with Crippen molar-refractivity contribution in [2.45, 2.75) is 58.4 Å². The smallest absolute Gasteiger partial charge is 0.248 e. The van der Waals surface area contributed by atoms with Gasteiger partial charge in [0.15, 0.2) is 0 Å². The molecule has 28 heavy (non-hydrogen) atoms. The maximum Gasteiger partial charge on any atom is 0.248 e. The number of rotatable bonds is 8. The number of carbonyl (C=O) groups is 2. The Kier molecular flexibility index (Phi) is 7.19. The van der Waals surface area contributed by atoms with Crippen LogP contribution in [0, 0.1) is 5.92 Å². The van der Waals surface area contributed by atoms with Gasteiger partial charge in [-0.05, 0) is 37.6 Å². The minimum atomic E-state index is -0.120. The molecule has 3 rings (SSSR count). The lowest BCUT2D eigenvalue weighted by Gasteiger charge is -2.32. The minimum absolute atomic E-state index is 0.0365. The van der Waals surface area contributed by atoms with E-state index in [2.05, 4.69) is 22.4 Å². The Bertz CT molecular complexity index is 774. The van der Waals surface area contributed by atoms with Crippen molar-refractivity contribution in [3.05, 3.63) is 22.7 Å². The molecule has 1 N–H and O–H groups in total. The minimum Gasteiger partial charge on any atom is -0.421 e. The van der Waals surface area contributed by atoms with Crippen LogP contribution >= 0.6 is 11.3 Å². The summed E-state index contributed by atoms with van der Waals surface area (Å²) < 4.78 is 5.64. The molecular weight excluding hydrogens is 376 g/mol. The van der Waals surface area contributed by atoms with Gasteiger partial charge in [-0.25, -0.2) is 0 Å². The molecule has 0 unspecified atom stereocenters. The molecule has 2 aromatic rings. The van der Waals surface area contributed by atoms with Crippen molar-refractivity contribution in [2.24, 2.45) is 5.92 Å². The Hall–Kier alpha value is -2.22. The molecule has 3 heterocycles. The van der Waals surface area contributed by atoms with Crippen LogP contribution < -0.4 is 5.32 Å². The average molecular weight is 405 g/mol. The van der Waals surface area contributed by atoms with Gasteiger partial charge in [0.2, 0.25) is 23.6 Å². The number of hydrogen-bond donors (Lipinski definition) is 1. The van der Waals surface area contributed by atoms with Gasteiger partial charge >= 0.3 is 0 Å². The molecule has 0 aliphatic carbocycles. The zero-order valence-corrected chi connectivity index (χ0v) is 17.3. The molecule has 0 bridgehead atoms. The topological polar surface area (TPSA) is 88.3 Å². The van der Waals surface area contributed by atoms with E-state index in [9.17, 15) is 9.59 Å². The van der Waals surface area contributed by atoms with Crippen molar-refractivity contribution in [3.8, 4) is 11.5 Å². The van der Waals surface area contributed by atoms with Gasteiger partial charge in [-0.3, -0.25) is 9.59 Å². The van der Waals surface area contributed by atoms with Gasteiger partial charge in [-0.15, -0.1) is 10.2 Å². The van der Waals surface area contributed by atoms with Gasteiger partial charge in [-0.2, -0.15) is 11.3 Å². The van der Waals surface area contributed by atoms with Gasteiger partial charge in [-0.1, -0.05) is 13.3 Å². The van der Waals surface area contributed by atoms with Crippen LogP contribution in [0.5, 0.6) is 0 Å². The van der Waals surface area contributed by atoms with E-state index in [1.54, 1.807) is 16.2 Å². The van der Waals surface area contributed by atoms with Crippen molar-refractivity contribution >= 4 is 23.2 Å². The molecule has 8 heteroatoms. The van der Waals surface area contributed by atoms with E-state index in [4.69, 9.17) is 4.42 Å². The van der Waals surface area contributed by atoms with Crippen LogP contribution in [-0.4, -0.2) is 46.0 Å². The molecule has 2 aromatic heterocycles. The van der Waals surface area contributed by atoms with Gasteiger partial charge in [0.1, 0.15) is 0 Å². The summed E-state index contributed by atoms with van der Waals surface area (Å²) in [6, 6.07) is 2.10. The highest BCUT2D eigenvalue weighted by Crippen LogP contribution is 2.22. The van der Waals surface area contributed by atoms with Gasteiger partial charge in [0.05, 0.1) is 5.92 Å². The van der Waals surface area contributed by atoms with Gasteiger partial charge < -0.3 is 14.6 Å². The van der Waals surface area contributed by atoms with E-state index >= 15 is 0 Å². The fourth-order valence-corrected chi connectivity index (χ4v) is 4.14. The molecule has 1 fully saturated rings. The van der Waals surface area contributed by atoms with Crippen LogP contribution in [-0.2, 0) is 16.0 Å². The van der Waals surface area contributed by atoms with Crippen LogP contribution in [0.4, 0.5) is 0 Å². The summed E-state index contributed by atoms with van der Waals surface area (Å²) >= 11 is 1.57. The molecule has 0 saturated carbocycles. The lowest BCUT2D eigenvalue weighted by Crippen LogP contribution is -2.47.